The largest absolute Gasteiger partial charge is 0.493 e. The first-order chi connectivity index (χ1) is 53.2. The second kappa shape index (κ2) is 40.2. The van der Waals surface area contributed by atoms with Crippen LogP contribution < -0.4 is 37.9 Å². The van der Waals surface area contributed by atoms with Gasteiger partial charge in [0.2, 0.25) is 0 Å². The van der Waals surface area contributed by atoms with Crippen LogP contribution in [0, 0.1) is 166 Å². The van der Waals surface area contributed by atoms with Crippen molar-refractivity contribution in [1.29, 1.82) is 0 Å². The molecule has 6 aliphatic rings. The molecule has 6 fully saturated rings. The Bertz CT molecular complexity index is 3870. The van der Waals surface area contributed by atoms with Crippen LogP contribution in [0.3, 0.4) is 0 Å². The third-order valence-corrected chi connectivity index (χ3v) is 22.9. The van der Waals surface area contributed by atoms with Gasteiger partial charge in [-0.05, 0) is 336 Å². The second-order valence-electron chi connectivity index (χ2n) is 31.4. The first-order valence-corrected chi connectivity index (χ1v) is 39.9. The molecule has 7 unspecified atom stereocenters. The van der Waals surface area contributed by atoms with Gasteiger partial charge in [-0.2, -0.15) is 0 Å². The number of aliphatic hydroxyl groups is 3. The molecule has 0 saturated carbocycles. The summed E-state index contributed by atoms with van der Waals surface area (Å²) in [5.74, 6) is 7.31. The van der Waals surface area contributed by atoms with Crippen molar-refractivity contribution in [2.75, 3.05) is 133 Å². The molecule has 0 bridgehead atoms. The van der Waals surface area contributed by atoms with E-state index in [0.717, 1.165) is 141 Å². The van der Waals surface area contributed by atoms with Gasteiger partial charge < -0.3 is 101 Å². The Balaban J connectivity index is 0.000000176. The molecule has 6 aromatic rings. The third kappa shape index (κ3) is 22.8. The lowest BCUT2D eigenvalue weighted by molar-refractivity contribution is -0.116. The van der Waals surface area contributed by atoms with E-state index in [2.05, 4.69) is 111 Å². The van der Waals surface area contributed by atoms with Crippen LogP contribution in [0.1, 0.15) is 147 Å². The Morgan fingerprint density at radius 1 is 0.241 bits per heavy atom. The van der Waals surface area contributed by atoms with E-state index in [-0.39, 0.29) is 76.6 Å². The molecule has 0 amide bonds. The topological polar surface area (TPSA) is 247 Å². The Kier molecular flexibility index (Phi) is 32.0. The average Bonchev–Trinajstić information content (AvgIpc) is 1.28. The van der Waals surface area contributed by atoms with Gasteiger partial charge in [0.25, 0.3) is 0 Å². The van der Waals surface area contributed by atoms with E-state index in [0.29, 0.717) is 52.9 Å². The maximum atomic E-state index is 10.7. The van der Waals surface area contributed by atoms with Crippen LogP contribution in [0.4, 0.5) is 0 Å². The van der Waals surface area contributed by atoms with Crippen LogP contribution in [0.15, 0.2) is 0 Å². The highest BCUT2D eigenvalue weighted by Crippen LogP contribution is 2.48. The fraction of sp³-hybridized carbons (Fsp3) is 0.604. The summed E-state index contributed by atoms with van der Waals surface area (Å²) in [6.45, 7) is 65.0. The minimum Gasteiger partial charge on any atom is -0.493 e. The van der Waals surface area contributed by atoms with E-state index < -0.39 is 18.3 Å². The summed E-state index contributed by atoms with van der Waals surface area (Å²) in [7, 11) is 0. The molecule has 6 aromatic carbocycles. The molecule has 6 saturated heterocycles. The van der Waals surface area contributed by atoms with E-state index in [1.54, 1.807) is 6.92 Å². The molecule has 3 N–H and O–H groups in total. The van der Waals surface area contributed by atoms with Crippen molar-refractivity contribution in [2.24, 2.45) is 0 Å². The van der Waals surface area contributed by atoms with Crippen molar-refractivity contribution < 1.29 is 101 Å². The van der Waals surface area contributed by atoms with Gasteiger partial charge in [0.1, 0.15) is 155 Å². The summed E-state index contributed by atoms with van der Waals surface area (Å²) >= 11 is 0. The zero-order valence-electron chi connectivity index (χ0n) is 72.0. The normalized spacial score (nSPS) is 18.9. The molecular formula is C91H130O21. The van der Waals surface area contributed by atoms with E-state index in [9.17, 15) is 15.3 Å². The van der Waals surface area contributed by atoms with Crippen molar-refractivity contribution in [3.8, 4) is 68.2 Å². The monoisotopic (exact) mass is 1560 g/mol. The van der Waals surface area contributed by atoms with E-state index in [4.69, 9.17) is 85.3 Å². The molecule has 0 aromatic heterocycles. The van der Waals surface area contributed by atoms with Gasteiger partial charge in [0.05, 0.1) is 78.8 Å². The number of epoxide rings is 6. The van der Waals surface area contributed by atoms with Crippen LogP contribution >= 0.6 is 0 Å². The van der Waals surface area contributed by atoms with E-state index in [1.807, 2.05) is 62.3 Å². The number of rotatable bonds is 37. The molecule has 21 nitrogen and oxygen atoms in total. The summed E-state index contributed by atoms with van der Waals surface area (Å²) in [4.78, 5) is 0. The Morgan fingerprint density at radius 3 is 0.625 bits per heavy atom. The fourth-order valence-electron chi connectivity index (χ4n) is 14.2. The van der Waals surface area contributed by atoms with Crippen LogP contribution in [0.5, 0.6) is 46.0 Å². The van der Waals surface area contributed by atoms with Gasteiger partial charge in [-0.3, -0.25) is 0 Å². The standard InChI is InChI=1S/C29H40O7.C26H36O4.C25H34O3.C11H20O7/c1-15-19(5)28(35-13-24-11-31-24)20(6)16(2)26(15)33-9-23(30)10-34-27-17(3)21(7)29(22(8)18(27)4)36-14-25-12-32-25;1-13(27)10-29-25-18(6)14(2)23(15(3)19(25)7)24-16(4)20(8)26(21(9)17(24)5)30-12-22-11-28-22;1-10-26-24-17(6)13(2)22(14(3)18(24)7)23-15(4)19(8)25(20(9)16(23)5)28-12-21-11-27-21;12-9(1-13-7-15-3-10-5-17-10)2-14-8-16-4-11-6-18-11/h23-25,30H,9-14H2,1-8H3;13,22,27H,10-12H2,1-9H3;21H,10-12H2,1-9H3;9-12H,1-8H2. The summed E-state index contributed by atoms with van der Waals surface area (Å²) in [6.07, 6.45) is -0.571. The minimum absolute atomic E-state index is 0.134. The highest BCUT2D eigenvalue weighted by molar-refractivity contribution is 5.84. The molecule has 6 heterocycles. The van der Waals surface area contributed by atoms with Gasteiger partial charge in [0.15, 0.2) is 0 Å². The average molecular weight is 1560 g/mol. The Hall–Kier alpha value is -6.80. The van der Waals surface area contributed by atoms with Crippen molar-refractivity contribution in [1.82, 2.24) is 0 Å². The van der Waals surface area contributed by atoms with Gasteiger partial charge in [-0.15, -0.1) is 0 Å². The molecular weight excluding hydrogens is 1430 g/mol. The smallest absolute Gasteiger partial charge is 0.146 e. The lowest BCUT2D eigenvalue weighted by atomic mass is 9.82. The van der Waals surface area contributed by atoms with Gasteiger partial charge >= 0.3 is 0 Å². The number of aliphatic hydroxyl groups excluding tert-OH is 3. The quantitative estimate of drug-likeness (QED) is 0.0186. The zero-order valence-corrected chi connectivity index (χ0v) is 72.0. The lowest BCUT2D eigenvalue weighted by Gasteiger charge is -2.26. The molecule has 0 spiro atoms. The van der Waals surface area contributed by atoms with Crippen LogP contribution in [-0.2, 0) is 47.4 Å². The molecule has 0 aliphatic carbocycles. The van der Waals surface area contributed by atoms with Crippen molar-refractivity contribution >= 4 is 0 Å². The van der Waals surface area contributed by atoms with Crippen molar-refractivity contribution in [3.63, 3.8) is 0 Å². The minimum atomic E-state index is -0.783. The maximum Gasteiger partial charge on any atom is 0.146 e. The first kappa shape index (κ1) is 89.1. The SMILES string of the molecule is CCOc1c(C)c(C)c(-c2c(C)c(C)c(OCC3CO3)c(C)c2C)c(C)c1C.Cc1c(C)c(-c2c(C)c(C)c(OCC3CO3)c(C)c2C)c(C)c(C)c1OCC(C)O.Cc1c(C)c(OCC2CO2)c(C)c(C)c1OCC(O)COc1c(C)c(C)c(OCC2CO2)c(C)c1C.OC(COCOCC1CO1)COCOCC1CO1. The number of hydrogen-bond acceptors (Lipinski definition) is 21. The Morgan fingerprint density at radius 2 is 0.420 bits per heavy atom. The van der Waals surface area contributed by atoms with Crippen LogP contribution in [-0.4, -0.2) is 203 Å². The number of benzene rings is 6. The summed E-state index contributed by atoms with van der Waals surface area (Å²) in [6, 6.07) is 0. The van der Waals surface area contributed by atoms with Crippen LogP contribution in [0.2, 0.25) is 0 Å². The molecule has 7 atom stereocenters. The van der Waals surface area contributed by atoms with Crippen molar-refractivity contribution in [3.05, 3.63) is 134 Å². The van der Waals surface area contributed by atoms with Gasteiger partial charge in [-0.25, -0.2) is 0 Å². The Labute approximate surface area is 666 Å². The van der Waals surface area contributed by atoms with E-state index >= 15 is 0 Å². The van der Waals surface area contributed by atoms with Crippen LogP contribution in [0.25, 0.3) is 22.3 Å². The third-order valence-electron chi connectivity index (χ3n) is 22.9. The second-order valence-corrected chi connectivity index (χ2v) is 31.4. The number of ether oxygens (including phenoxy) is 18. The van der Waals surface area contributed by atoms with E-state index in [1.165, 1.54) is 100 Å². The van der Waals surface area contributed by atoms with Gasteiger partial charge in [0, 0.05) is 0 Å². The first-order valence-electron chi connectivity index (χ1n) is 39.9. The predicted octanol–water partition coefficient (Wildman–Crippen LogP) is 15.0. The molecule has 12 rings (SSSR count). The summed E-state index contributed by atoms with van der Waals surface area (Å²) in [5, 5.41) is 29.8. The molecule has 21 heteroatoms. The van der Waals surface area contributed by atoms with Crippen molar-refractivity contribution in [2.45, 2.75) is 235 Å². The summed E-state index contributed by atoms with van der Waals surface area (Å²) in [5.41, 5.74) is 33.3. The molecule has 112 heavy (non-hydrogen) atoms. The molecule has 620 valence electrons. The number of hydrogen-bond donors (Lipinski definition) is 3. The summed E-state index contributed by atoms with van der Waals surface area (Å²) < 4.78 is 100. The highest BCUT2D eigenvalue weighted by atomic mass is 16.7. The highest BCUT2D eigenvalue weighted by Gasteiger charge is 2.32. The lowest BCUT2D eigenvalue weighted by Crippen LogP contribution is -2.26. The fourth-order valence-corrected chi connectivity index (χ4v) is 14.2. The van der Waals surface area contributed by atoms with Gasteiger partial charge in [-0.1, -0.05) is 0 Å². The predicted molar refractivity (Wildman–Crippen MR) is 436 cm³/mol. The molecule has 0 radical (unpaired) electrons. The maximum absolute atomic E-state index is 10.7. The molecule has 6 aliphatic heterocycles. The zero-order chi connectivity index (χ0) is 81.9.